The number of allylic oxidation sites excluding steroid dienone is 3. The van der Waals surface area contributed by atoms with E-state index in [1.807, 2.05) is 0 Å². The van der Waals surface area contributed by atoms with Crippen LogP contribution in [0.2, 0.25) is 0 Å². The van der Waals surface area contributed by atoms with Gasteiger partial charge in [-0.1, -0.05) is 0 Å². The molecule has 0 spiro atoms. The van der Waals surface area contributed by atoms with Crippen LogP contribution in [-0.2, 0) is 0 Å². The number of rotatable bonds is 0. The van der Waals surface area contributed by atoms with Crippen LogP contribution >= 0.6 is 0 Å². The molecular formula is C6H7O. The summed E-state index contributed by atoms with van der Waals surface area (Å²) in [5.74, 6) is 0.353. The van der Waals surface area contributed by atoms with Gasteiger partial charge in [0.15, 0.2) is 0 Å². The molecule has 1 nitrogen and oxygen atoms in total. The van der Waals surface area contributed by atoms with Crippen molar-refractivity contribution in [3.05, 3.63) is 24.0 Å². The Balaban J connectivity index is 2.58. The number of hydrogen-bond donors (Lipinski definition) is 1. The van der Waals surface area contributed by atoms with E-state index in [2.05, 4.69) is 6.08 Å². The molecule has 1 N–H and O–H groups in total. The summed E-state index contributed by atoms with van der Waals surface area (Å²) in [5.41, 5.74) is 0. The number of hydrogen-bond acceptors (Lipinski definition) is 1. The summed E-state index contributed by atoms with van der Waals surface area (Å²) in [7, 11) is 0. The van der Waals surface area contributed by atoms with E-state index in [1.54, 1.807) is 12.2 Å². The molecule has 0 saturated carbocycles. The van der Waals surface area contributed by atoms with Gasteiger partial charge < -0.3 is 5.11 Å². The molecule has 1 aliphatic rings. The van der Waals surface area contributed by atoms with Gasteiger partial charge in [-0.3, -0.25) is 0 Å². The Morgan fingerprint density at radius 1 is 1.71 bits per heavy atom. The lowest BCUT2D eigenvalue weighted by molar-refractivity contribution is 0.426. The zero-order valence-electron chi connectivity index (χ0n) is 4.02. The van der Waals surface area contributed by atoms with Gasteiger partial charge >= 0.3 is 0 Å². The fourth-order valence-corrected chi connectivity index (χ4v) is 0.539. The third-order valence-corrected chi connectivity index (χ3v) is 0.892. The standard InChI is InChI=1S/C6H7O/c7-6-4-2-1-3-5-6/h4-5,7H,1-2H2. The summed E-state index contributed by atoms with van der Waals surface area (Å²) in [6, 6.07) is 0. The van der Waals surface area contributed by atoms with Gasteiger partial charge in [0.1, 0.15) is 5.76 Å². The fraction of sp³-hybridized carbons (Fsp3) is 0.333. The van der Waals surface area contributed by atoms with E-state index in [0.717, 1.165) is 12.8 Å². The molecule has 7 heavy (non-hydrogen) atoms. The predicted molar refractivity (Wildman–Crippen MR) is 27.8 cm³/mol. The van der Waals surface area contributed by atoms with E-state index in [4.69, 9.17) is 5.11 Å². The minimum absolute atomic E-state index is 0.353. The molecule has 0 bridgehead atoms. The summed E-state index contributed by atoms with van der Waals surface area (Å²) in [4.78, 5) is 0. The third-order valence-electron chi connectivity index (χ3n) is 0.892. The van der Waals surface area contributed by atoms with Gasteiger partial charge in [-0.25, -0.2) is 0 Å². The lowest BCUT2D eigenvalue weighted by atomic mass is 10.2. The molecule has 1 heteroatoms. The Bertz CT molecular complexity index is 111. The van der Waals surface area contributed by atoms with Gasteiger partial charge in [-0.2, -0.15) is 0 Å². The van der Waals surface area contributed by atoms with Gasteiger partial charge in [0, 0.05) is 0 Å². The van der Waals surface area contributed by atoms with Crippen LogP contribution in [0.5, 0.6) is 0 Å². The van der Waals surface area contributed by atoms with E-state index in [0.29, 0.717) is 5.76 Å². The molecule has 0 aromatic rings. The first-order valence-corrected chi connectivity index (χ1v) is 2.35. The molecule has 0 atom stereocenters. The van der Waals surface area contributed by atoms with Gasteiger partial charge in [-0.05, 0) is 31.1 Å². The Hall–Kier alpha value is -0.720. The monoisotopic (exact) mass is 95.0 g/mol. The van der Waals surface area contributed by atoms with Crippen LogP contribution in [0.4, 0.5) is 0 Å². The second-order valence-electron chi connectivity index (χ2n) is 1.52. The van der Waals surface area contributed by atoms with E-state index in [9.17, 15) is 0 Å². The second kappa shape index (κ2) is 1.82. The summed E-state index contributed by atoms with van der Waals surface area (Å²) < 4.78 is 0. The lowest BCUT2D eigenvalue weighted by Gasteiger charge is -1.94. The van der Waals surface area contributed by atoms with Crippen molar-refractivity contribution in [2.45, 2.75) is 12.8 Å². The minimum atomic E-state index is 0.353. The van der Waals surface area contributed by atoms with Crippen molar-refractivity contribution in [3.8, 4) is 0 Å². The zero-order chi connectivity index (χ0) is 5.11. The van der Waals surface area contributed by atoms with E-state index in [-0.39, 0.29) is 0 Å². The average Bonchev–Trinajstić information content (AvgIpc) is 1.69. The molecule has 0 amide bonds. The van der Waals surface area contributed by atoms with E-state index in [1.165, 1.54) is 0 Å². The molecule has 1 rings (SSSR count). The van der Waals surface area contributed by atoms with Crippen molar-refractivity contribution < 1.29 is 5.11 Å². The molecule has 0 saturated heterocycles. The number of aliphatic hydroxyl groups is 1. The molecule has 0 aliphatic heterocycles. The van der Waals surface area contributed by atoms with Crippen LogP contribution in [0, 0.1) is 6.08 Å². The normalized spacial score (nSPS) is 19.1. The van der Waals surface area contributed by atoms with Gasteiger partial charge in [0.05, 0.1) is 0 Å². The summed E-state index contributed by atoms with van der Waals surface area (Å²) >= 11 is 0. The maximum absolute atomic E-state index is 8.65. The van der Waals surface area contributed by atoms with E-state index >= 15 is 0 Å². The third kappa shape index (κ3) is 1.07. The first-order chi connectivity index (χ1) is 3.39. The van der Waals surface area contributed by atoms with Crippen molar-refractivity contribution >= 4 is 0 Å². The maximum atomic E-state index is 8.65. The predicted octanol–water partition coefficient (Wildman–Crippen LogP) is 1.58. The van der Waals surface area contributed by atoms with Gasteiger partial charge in [-0.15, -0.1) is 0 Å². The highest BCUT2D eigenvalue weighted by atomic mass is 16.3. The topological polar surface area (TPSA) is 20.2 Å². The van der Waals surface area contributed by atoms with Crippen molar-refractivity contribution in [2.75, 3.05) is 0 Å². The average molecular weight is 95.1 g/mol. The van der Waals surface area contributed by atoms with Crippen molar-refractivity contribution in [1.82, 2.24) is 0 Å². The van der Waals surface area contributed by atoms with Crippen LogP contribution in [-0.4, -0.2) is 5.11 Å². The molecule has 37 valence electrons. The van der Waals surface area contributed by atoms with Crippen LogP contribution in [0.3, 0.4) is 0 Å². The second-order valence-corrected chi connectivity index (χ2v) is 1.52. The Labute approximate surface area is 43.0 Å². The summed E-state index contributed by atoms with van der Waals surface area (Å²) in [6.07, 6.45) is 8.16. The quantitative estimate of drug-likeness (QED) is 0.484. The molecule has 1 aliphatic carbocycles. The molecule has 0 unspecified atom stereocenters. The van der Waals surface area contributed by atoms with Crippen LogP contribution in [0.1, 0.15) is 12.8 Å². The molecule has 0 aromatic carbocycles. The maximum Gasteiger partial charge on any atom is 0.111 e. The van der Waals surface area contributed by atoms with Gasteiger partial charge in [0.25, 0.3) is 0 Å². The highest BCUT2D eigenvalue weighted by Gasteiger charge is 1.89. The molecule has 0 aromatic heterocycles. The smallest absolute Gasteiger partial charge is 0.111 e. The van der Waals surface area contributed by atoms with Crippen LogP contribution in [0.15, 0.2) is 17.9 Å². The van der Waals surface area contributed by atoms with Gasteiger partial charge in [0.2, 0.25) is 0 Å². The highest BCUT2D eigenvalue weighted by Crippen LogP contribution is 2.03. The summed E-state index contributed by atoms with van der Waals surface area (Å²) in [6.45, 7) is 0. The van der Waals surface area contributed by atoms with E-state index < -0.39 is 0 Å². The first-order valence-electron chi connectivity index (χ1n) is 2.35. The Kier molecular flexibility index (Phi) is 1.16. The van der Waals surface area contributed by atoms with Crippen molar-refractivity contribution in [2.24, 2.45) is 0 Å². The first kappa shape index (κ1) is 4.44. The zero-order valence-corrected chi connectivity index (χ0v) is 4.02. The lowest BCUT2D eigenvalue weighted by Crippen LogP contribution is -1.80. The largest absolute Gasteiger partial charge is 0.508 e. The molecule has 1 radical (unpaired) electrons. The number of aliphatic hydroxyl groups excluding tert-OH is 1. The molecular weight excluding hydrogens is 88.1 g/mol. The molecule has 0 heterocycles. The Morgan fingerprint density at radius 2 is 2.57 bits per heavy atom. The highest BCUT2D eigenvalue weighted by molar-refractivity contribution is 5.11. The summed E-state index contributed by atoms with van der Waals surface area (Å²) in [5, 5.41) is 8.65. The fourth-order valence-electron chi connectivity index (χ4n) is 0.539. The molecule has 0 fully saturated rings. The van der Waals surface area contributed by atoms with Crippen LogP contribution in [0.25, 0.3) is 0 Å². The Morgan fingerprint density at radius 3 is 2.86 bits per heavy atom. The van der Waals surface area contributed by atoms with Crippen LogP contribution < -0.4 is 0 Å². The minimum Gasteiger partial charge on any atom is -0.508 e. The SMILES string of the molecule is OC1=CCC[C]=C1. The van der Waals surface area contributed by atoms with Crippen molar-refractivity contribution in [3.63, 3.8) is 0 Å². The van der Waals surface area contributed by atoms with Crippen molar-refractivity contribution in [1.29, 1.82) is 0 Å².